The highest BCUT2D eigenvalue weighted by molar-refractivity contribution is 5.84. The zero-order valence-corrected chi connectivity index (χ0v) is 12.5. The van der Waals surface area contributed by atoms with E-state index < -0.39 is 0 Å². The molecule has 0 atom stereocenters. The van der Waals surface area contributed by atoms with Gasteiger partial charge in [-0.05, 0) is 50.2 Å². The van der Waals surface area contributed by atoms with Gasteiger partial charge in [-0.15, -0.1) is 0 Å². The molecule has 2 aromatic heterocycles. The fourth-order valence-corrected chi connectivity index (χ4v) is 1.99. The SMILES string of the molecule is Cc1ccc(C=Nc2ccccc2N=Cc2ccc(C)o2)o1. The van der Waals surface area contributed by atoms with Crippen LogP contribution in [0.25, 0.3) is 0 Å². The first-order valence-corrected chi connectivity index (χ1v) is 7.01. The quantitative estimate of drug-likeness (QED) is 0.636. The van der Waals surface area contributed by atoms with Crippen molar-refractivity contribution < 1.29 is 8.83 Å². The second-order valence-corrected chi connectivity index (χ2v) is 4.90. The summed E-state index contributed by atoms with van der Waals surface area (Å²) in [5, 5.41) is 0. The molecular formula is C18H16N2O2. The van der Waals surface area contributed by atoms with Gasteiger partial charge in [-0.1, -0.05) is 12.1 Å². The fraction of sp³-hybridized carbons (Fsp3) is 0.111. The van der Waals surface area contributed by atoms with E-state index in [1.165, 1.54) is 0 Å². The number of aliphatic imine (C=N–C) groups is 2. The van der Waals surface area contributed by atoms with Crippen LogP contribution in [-0.2, 0) is 0 Å². The van der Waals surface area contributed by atoms with Gasteiger partial charge in [0.25, 0.3) is 0 Å². The van der Waals surface area contributed by atoms with Crippen LogP contribution >= 0.6 is 0 Å². The Morgan fingerprint density at radius 2 is 1.14 bits per heavy atom. The van der Waals surface area contributed by atoms with Crippen LogP contribution in [0.1, 0.15) is 23.0 Å². The molecule has 2 heterocycles. The zero-order chi connectivity index (χ0) is 15.4. The lowest BCUT2D eigenvalue weighted by Crippen LogP contribution is -1.77. The Kier molecular flexibility index (Phi) is 4.01. The van der Waals surface area contributed by atoms with Crippen molar-refractivity contribution in [2.24, 2.45) is 9.98 Å². The number of benzene rings is 1. The van der Waals surface area contributed by atoms with Gasteiger partial charge in [-0.25, -0.2) is 0 Å². The summed E-state index contributed by atoms with van der Waals surface area (Å²) in [6.07, 6.45) is 3.39. The molecule has 4 heteroatoms. The van der Waals surface area contributed by atoms with Gasteiger partial charge < -0.3 is 8.83 Å². The van der Waals surface area contributed by atoms with Gasteiger partial charge in [0.1, 0.15) is 23.0 Å². The highest BCUT2D eigenvalue weighted by Gasteiger charge is 2.00. The minimum Gasteiger partial charge on any atom is -0.460 e. The molecule has 0 spiro atoms. The Balaban J connectivity index is 1.83. The van der Waals surface area contributed by atoms with Crippen molar-refractivity contribution >= 4 is 23.8 Å². The summed E-state index contributed by atoms with van der Waals surface area (Å²) in [5.74, 6) is 3.16. The first kappa shape index (κ1) is 14.1. The molecular weight excluding hydrogens is 276 g/mol. The summed E-state index contributed by atoms with van der Waals surface area (Å²) in [5.41, 5.74) is 1.55. The van der Waals surface area contributed by atoms with Crippen LogP contribution in [0.3, 0.4) is 0 Å². The molecule has 0 saturated carbocycles. The normalized spacial score (nSPS) is 11.7. The first-order valence-electron chi connectivity index (χ1n) is 7.01. The maximum atomic E-state index is 5.47. The predicted octanol–water partition coefficient (Wildman–Crippen LogP) is 4.99. The van der Waals surface area contributed by atoms with Gasteiger partial charge in [0, 0.05) is 0 Å². The second-order valence-electron chi connectivity index (χ2n) is 4.90. The van der Waals surface area contributed by atoms with Gasteiger partial charge in [-0.3, -0.25) is 9.98 Å². The molecule has 0 aliphatic carbocycles. The van der Waals surface area contributed by atoms with E-state index in [2.05, 4.69) is 9.98 Å². The van der Waals surface area contributed by atoms with E-state index in [1.54, 1.807) is 12.4 Å². The predicted molar refractivity (Wildman–Crippen MR) is 87.8 cm³/mol. The summed E-state index contributed by atoms with van der Waals surface area (Å²) in [6, 6.07) is 15.3. The third-order valence-corrected chi connectivity index (χ3v) is 3.07. The topological polar surface area (TPSA) is 51.0 Å². The van der Waals surface area contributed by atoms with Crippen molar-refractivity contribution in [2.45, 2.75) is 13.8 Å². The van der Waals surface area contributed by atoms with Crippen molar-refractivity contribution in [3.8, 4) is 0 Å². The van der Waals surface area contributed by atoms with E-state index in [1.807, 2.05) is 62.4 Å². The van der Waals surface area contributed by atoms with Crippen molar-refractivity contribution in [3.63, 3.8) is 0 Å². The van der Waals surface area contributed by atoms with Gasteiger partial charge in [0.2, 0.25) is 0 Å². The molecule has 0 amide bonds. The minimum absolute atomic E-state index is 0.720. The maximum absolute atomic E-state index is 5.47. The maximum Gasteiger partial charge on any atom is 0.145 e. The first-order chi connectivity index (χ1) is 10.7. The van der Waals surface area contributed by atoms with E-state index in [0.29, 0.717) is 0 Å². The van der Waals surface area contributed by atoms with Crippen molar-refractivity contribution in [1.82, 2.24) is 0 Å². The number of rotatable bonds is 4. The number of hydrogen-bond donors (Lipinski definition) is 0. The molecule has 3 rings (SSSR count). The minimum atomic E-state index is 0.720. The Labute approximate surface area is 128 Å². The molecule has 4 nitrogen and oxygen atoms in total. The van der Waals surface area contributed by atoms with E-state index in [0.717, 1.165) is 34.4 Å². The Morgan fingerprint density at radius 1 is 0.682 bits per heavy atom. The Hall–Kier alpha value is -2.88. The molecule has 0 fully saturated rings. The van der Waals surface area contributed by atoms with E-state index in [9.17, 15) is 0 Å². The van der Waals surface area contributed by atoms with Crippen molar-refractivity contribution in [1.29, 1.82) is 0 Å². The summed E-state index contributed by atoms with van der Waals surface area (Å²) in [7, 11) is 0. The van der Waals surface area contributed by atoms with Crippen LogP contribution in [0, 0.1) is 13.8 Å². The molecule has 22 heavy (non-hydrogen) atoms. The largest absolute Gasteiger partial charge is 0.460 e. The zero-order valence-electron chi connectivity index (χ0n) is 12.5. The average Bonchev–Trinajstić information content (AvgIpc) is 3.12. The van der Waals surface area contributed by atoms with Gasteiger partial charge >= 0.3 is 0 Å². The monoisotopic (exact) mass is 292 g/mol. The summed E-state index contributed by atoms with van der Waals surface area (Å²) >= 11 is 0. The molecule has 0 saturated heterocycles. The molecule has 0 bridgehead atoms. The van der Waals surface area contributed by atoms with Crippen molar-refractivity contribution in [3.05, 3.63) is 71.6 Å². The van der Waals surface area contributed by atoms with Gasteiger partial charge in [0.15, 0.2) is 0 Å². The molecule has 110 valence electrons. The Bertz CT molecular complexity index is 756. The molecule has 0 N–H and O–H groups in total. The van der Waals surface area contributed by atoms with Gasteiger partial charge in [-0.2, -0.15) is 0 Å². The standard InChI is InChI=1S/C18H16N2O2/c1-13-7-9-15(21-13)11-19-17-5-3-4-6-18(17)20-12-16-10-8-14(2)22-16/h3-12H,1-2H3. The lowest BCUT2D eigenvalue weighted by molar-refractivity contribution is 0.527. The molecule has 1 aromatic carbocycles. The highest BCUT2D eigenvalue weighted by Crippen LogP contribution is 2.27. The fourth-order valence-electron chi connectivity index (χ4n) is 1.99. The number of furan rings is 2. The molecule has 0 radical (unpaired) electrons. The second kappa shape index (κ2) is 6.26. The van der Waals surface area contributed by atoms with Crippen LogP contribution in [0.4, 0.5) is 11.4 Å². The van der Waals surface area contributed by atoms with Crippen LogP contribution in [0.15, 0.2) is 67.4 Å². The van der Waals surface area contributed by atoms with Crippen LogP contribution < -0.4 is 0 Å². The van der Waals surface area contributed by atoms with E-state index >= 15 is 0 Å². The molecule has 0 aliphatic heterocycles. The smallest absolute Gasteiger partial charge is 0.145 e. The van der Waals surface area contributed by atoms with E-state index in [4.69, 9.17) is 8.83 Å². The number of para-hydroxylation sites is 2. The highest BCUT2D eigenvalue weighted by atomic mass is 16.3. The lowest BCUT2D eigenvalue weighted by atomic mass is 10.3. The van der Waals surface area contributed by atoms with Crippen LogP contribution in [0.2, 0.25) is 0 Å². The Morgan fingerprint density at radius 3 is 1.50 bits per heavy atom. The summed E-state index contributed by atoms with van der Waals surface area (Å²) < 4.78 is 10.9. The summed E-state index contributed by atoms with van der Waals surface area (Å²) in [4.78, 5) is 8.89. The third kappa shape index (κ3) is 3.41. The lowest BCUT2D eigenvalue weighted by Gasteiger charge is -1.98. The van der Waals surface area contributed by atoms with Crippen LogP contribution in [0.5, 0.6) is 0 Å². The van der Waals surface area contributed by atoms with Gasteiger partial charge in [0.05, 0.1) is 23.8 Å². The number of hydrogen-bond acceptors (Lipinski definition) is 4. The molecule has 3 aromatic rings. The van der Waals surface area contributed by atoms with E-state index in [-0.39, 0.29) is 0 Å². The number of aryl methyl sites for hydroxylation is 2. The average molecular weight is 292 g/mol. The van der Waals surface area contributed by atoms with Crippen molar-refractivity contribution in [2.75, 3.05) is 0 Å². The molecule has 0 aliphatic rings. The third-order valence-electron chi connectivity index (χ3n) is 3.07. The van der Waals surface area contributed by atoms with Crippen LogP contribution in [-0.4, -0.2) is 12.4 Å². The summed E-state index contributed by atoms with van der Waals surface area (Å²) in [6.45, 7) is 3.81. The molecule has 0 unspecified atom stereocenters. The number of nitrogens with zero attached hydrogens (tertiary/aromatic N) is 2.